The van der Waals surface area contributed by atoms with E-state index in [4.69, 9.17) is 0 Å². The van der Waals surface area contributed by atoms with Crippen LogP contribution in [0.3, 0.4) is 0 Å². The molecule has 0 fully saturated rings. The molecule has 5 heteroatoms. The fourth-order valence-electron chi connectivity index (χ4n) is 2.63. The number of aryl methyl sites for hydroxylation is 1. The molecule has 0 amide bonds. The zero-order valence-corrected chi connectivity index (χ0v) is 14.3. The second-order valence-corrected chi connectivity index (χ2v) is 6.25. The van der Waals surface area contributed by atoms with Crippen molar-refractivity contribution in [3.8, 4) is 6.07 Å². The summed E-state index contributed by atoms with van der Waals surface area (Å²) in [7, 11) is 0. The molecule has 1 aromatic heterocycles. The van der Waals surface area contributed by atoms with E-state index in [1.807, 2.05) is 30.3 Å². The van der Waals surface area contributed by atoms with Gasteiger partial charge in [-0.2, -0.15) is 5.26 Å². The van der Waals surface area contributed by atoms with Crippen molar-refractivity contribution in [2.45, 2.75) is 6.92 Å². The Hall–Kier alpha value is -2.71. The summed E-state index contributed by atoms with van der Waals surface area (Å²) >= 11 is 3.18. The largest absolute Gasteiger partial charge is 0.358 e. The van der Waals surface area contributed by atoms with Crippen molar-refractivity contribution < 1.29 is 9.18 Å². The summed E-state index contributed by atoms with van der Waals surface area (Å²) in [6, 6.07) is 13.7. The van der Waals surface area contributed by atoms with Crippen LogP contribution in [0.2, 0.25) is 0 Å². The average Bonchev–Trinajstić information content (AvgIpc) is 2.89. The third-order valence-electron chi connectivity index (χ3n) is 3.75. The van der Waals surface area contributed by atoms with Gasteiger partial charge in [-0.25, -0.2) is 4.39 Å². The summed E-state index contributed by atoms with van der Waals surface area (Å²) in [5.74, 6) is -0.921. The van der Waals surface area contributed by atoms with Crippen molar-refractivity contribution in [3.63, 3.8) is 0 Å². The Morgan fingerprint density at radius 3 is 2.75 bits per heavy atom. The molecule has 3 rings (SSSR count). The number of H-pyrrole nitrogens is 1. The molecule has 0 spiro atoms. The van der Waals surface area contributed by atoms with Gasteiger partial charge < -0.3 is 4.98 Å². The number of para-hydroxylation sites is 1. The minimum Gasteiger partial charge on any atom is -0.358 e. The highest BCUT2D eigenvalue weighted by molar-refractivity contribution is 9.10. The van der Waals surface area contributed by atoms with Crippen molar-refractivity contribution in [2.75, 3.05) is 0 Å². The molecule has 0 radical (unpaired) electrons. The maximum atomic E-state index is 14.0. The van der Waals surface area contributed by atoms with E-state index in [0.717, 1.165) is 10.9 Å². The molecule has 118 valence electrons. The number of allylic oxidation sites excluding steroid dienone is 1. The van der Waals surface area contributed by atoms with Crippen LogP contribution in [0.15, 0.2) is 52.5 Å². The highest BCUT2D eigenvalue weighted by Gasteiger charge is 2.20. The number of hydrogen-bond acceptors (Lipinski definition) is 2. The van der Waals surface area contributed by atoms with Crippen LogP contribution in [0, 0.1) is 24.1 Å². The highest BCUT2D eigenvalue weighted by atomic mass is 79.9. The summed E-state index contributed by atoms with van der Waals surface area (Å²) in [4.78, 5) is 15.9. The monoisotopic (exact) mass is 382 g/mol. The van der Waals surface area contributed by atoms with Crippen LogP contribution in [0.5, 0.6) is 0 Å². The van der Waals surface area contributed by atoms with Gasteiger partial charge in [0.15, 0.2) is 0 Å². The normalized spacial score (nSPS) is 11.5. The molecule has 0 aliphatic rings. The molecular formula is C19H12BrFN2O. The van der Waals surface area contributed by atoms with Crippen molar-refractivity contribution in [1.29, 1.82) is 5.26 Å². The van der Waals surface area contributed by atoms with Crippen LogP contribution in [-0.4, -0.2) is 10.8 Å². The maximum absolute atomic E-state index is 14.0. The summed E-state index contributed by atoms with van der Waals surface area (Å²) in [6.45, 7) is 1.78. The van der Waals surface area contributed by atoms with Crippen LogP contribution < -0.4 is 0 Å². The fraction of sp³-hybridized carbons (Fsp3) is 0.0526. The summed E-state index contributed by atoms with van der Waals surface area (Å²) in [5.41, 5.74) is 2.03. The Bertz CT molecular complexity index is 1030. The second kappa shape index (κ2) is 6.42. The summed E-state index contributed by atoms with van der Waals surface area (Å²) < 4.78 is 14.6. The topological polar surface area (TPSA) is 56.6 Å². The lowest BCUT2D eigenvalue weighted by Crippen LogP contribution is -2.03. The number of carbonyl (C=O) groups excluding carboxylic acids is 1. The predicted octanol–water partition coefficient (Wildman–Crippen LogP) is 5.17. The van der Waals surface area contributed by atoms with Gasteiger partial charge in [0.25, 0.3) is 0 Å². The molecule has 0 aliphatic carbocycles. The number of halogens is 2. The fourth-order valence-corrected chi connectivity index (χ4v) is 2.96. The molecule has 0 saturated carbocycles. The first kappa shape index (κ1) is 16.2. The number of carbonyl (C=O) groups is 1. The quantitative estimate of drug-likeness (QED) is 0.386. The van der Waals surface area contributed by atoms with E-state index in [1.54, 1.807) is 13.0 Å². The number of benzene rings is 2. The molecule has 1 N–H and O–H groups in total. The van der Waals surface area contributed by atoms with Crippen LogP contribution in [0.25, 0.3) is 17.0 Å². The molecule has 3 nitrogen and oxygen atoms in total. The zero-order valence-electron chi connectivity index (χ0n) is 12.7. The van der Waals surface area contributed by atoms with Gasteiger partial charge in [0.05, 0.1) is 5.56 Å². The van der Waals surface area contributed by atoms with E-state index in [9.17, 15) is 14.4 Å². The molecule has 0 atom stereocenters. The van der Waals surface area contributed by atoms with E-state index in [0.29, 0.717) is 15.7 Å². The number of Topliss-reactive ketones (excluding diaryl/α,β-unsaturated/α-hetero) is 1. The Labute approximate surface area is 146 Å². The van der Waals surface area contributed by atoms with E-state index in [1.165, 1.54) is 18.2 Å². The first-order chi connectivity index (χ1) is 11.5. The van der Waals surface area contributed by atoms with E-state index in [2.05, 4.69) is 20.9 Å². The number of aromatic amines is 1. The summed E-state index contributed by atoms with van der Waals surface area (Å²) in [5, 5.41) is 10.1. The lowest BCUT2D eigenvalue weighted by molar-refractivity contribution is 0.104. The molecule has 1 heterocycles. The third-order valence-corrected chi connectivity index (χ3v) is 4.24. The van der Waals surface area contributed by atoms with E-state index in [-0.39, 0.29) is 11.1 Å². The van der Waals surface area contributed by atoms with Crippen molar-refractivity contribution in [2.24, 2.45) is 0 Å². The molecule has 0 saturated heterocycles. The van der Waals surface area contributed by atoms with Crippen LogP contribution in [-0.2, 0) is 0 Å². The molecule has 2 aromatic carbocycles. The van der Waals surface area contributed by atoms with Gasteiger partial charge in [-0.15, -0.1) is 0 Å². The van der Waals surface area contributed by atoms with Gasteiger partial charge in [0, 0.05) is 26.6 Å². The number of nitriles is 1. The second-order valence-electron chi connectivity index (χ2n) is 5.34. The van der Waals surface area contributed by atoms with Gasteiger partial charge in [0.2, 0.25) is 5.78 Å². The Balaban J connectivity index is 2.11. The van der Waals surface area contributed by atoms with Gasteiger partial charge in [-0.1, -0.05) is 40.2 Å². The predicted molar refractivity (Wildman–Crippen MR) is 95.1 cm³/mol. The Morgan fingerprint density at radius 2 is 2.04 bits per heavy atom. The number of hydrogen-bond donors (Lipinski definition) is 1. The SMILES string of the molecule is Cc1[nH]c2ccccc2c1C(=O)/C(C#N)=C/c1ccc(Br)cc1F. The molecular weight excluding hydrogens is 371 g/mol. The van der Waals surface area contributed by atoms with Crippen molar-refractivity contribution in [1.82, 2.24) is 4.98 Å². The lowest BCUT2D eigenvalue weighted by atomic mass is 9.99. The van der Waals surface area contributed by atoms with Gasteiger partial charge in [-0.05, 0) is 31.2 Å². The minimum absolute atomic E-state index is 0.107. The van der Waals surface area contributed by atoms with Gasteiger partial charge >= 0.3 is 0 Å². The molecule has 0 bridgehead atoms. The van der Waals surface area contributed by atoms with Crippen molar-refractivity contribution >= 4 is 38.7 Å². The standard InChI is InChI=1S/C19H12BrFN2O/c1-11-18(15-4-2-3-5-17(15)23-11)19(24)13(10-22)8-12-6-7-14(20)9-16(12)21/h2-9,23H,1H3/b13-8+. The van der Waals surface area contributed by atoms with Crippen LogP contribution in [0.1, 0.15) is 21.6 Å². The summed E-state index contributed by atoms with van der Waals surface area (Å²) in [6.07, 6.45) is 1.28. The number of ketones is 1. The highest BCUT2D eigenvalue weighted by Crippen LogP contribution is 2.26. The number of aromatic nitrogens is 1. The molecule has 3 aromatic rings. The maximum Gasteiger partial charge on any atom is 0.205 e. The lowest BCUT2D eigenvalue weighted by Gasteiger charge is -2.02. The van der Waals surface area contributed by atoms with Gasteiger partial charge in [0.1, 0.15) is 17.5 Å². The van der Waals surface area contributed by atoms with E-state index >= 15 is 0 Å². The first-order valence-electron chi connectivity index (χ1n) is 7.20. The van der Waals surface area contributed by atoms with Crippen LogP contribution >= 0.6 is 15.9 Å². The molecule has 0 aliphatic heterocycles. The third kappa shape index (κ3) is 2.89. The van der Waals surface area contributed by atoms with E-state index < -0.39 is 11.6 Å². The van der Waals surface area contributed by atoms with Crippen molar-refractivity contribution in [3.05, 3.63) is 75.1 Å². The number of rotatable bonds is 3. The van der Waals surface area contributed by atoms with Gasteiger partial charge in [-0.3, -0.25) is 4.79 Å². The zero-order chi connectivity index (χ0) is 17.3. The Morgan fingerprint density at radius 1 is 1.29 bits per heavy atom. The van der Waals surface area contributed by atoms with Crippen LogP contribution in [0.4, 0.5) is 4.39 Å². The Kier molecular flexibility index (Phi) is 4.32. The number of nitrogens with zero attached hydrogens (tertiary/aromatic N) is 1. The number of nitrogens with one attached hydrogen (secondary N) is 1. The molecule has 0 unspecified atom stereocenters. The average molecular weight is 383 g/mol. The number of fused-ring (bicyclic) bond motifs is 1. The minimum atomic E-state index is -0.499. The smallest absolute Gasteiger partial charge is 0.205 e. The molecule has 24 heavy (non-hydrogen) atoms. The first-order valence-corrected chi connectivity index (χ1v) is 7.99.